The molecular formula is C27H30N4O3. The summed E-state index contributed by atoms with van der Waals surface area (Å²) < 4.78 is 13.5. The van der Waals surface area contributed by atoms with Crippen molar-refractivity contribution in [3.8, 4) is 11.5 Å². The third kappa shape index (κ3) is 5.92. The van der Waals surface area contributed by atoms with Gasteiger partial charge in [0.25, 0.3) is 5.91 Å². The molecule has 0 saturated carbocycles. The van der Waals surface area contributed by atoms with Crippen molar-refractivity contribution in [2.75, 3.05) is 20.3 Å². The van der Waals surface area contributed by atoms with Crippen LogP contribution in [-0.2, 0) is 13.0 Å². The Morgan fingerprint density at radius 1 is 0.971 bits per heavy atom. The van der Waals surface area contributed by atoms with Crippen LogP contribution in [0.5, 0.6) is 11.5 Å². The van der Waals surface area contributed by atoms with Gasteiger partial charge >= 0.3 is 0 Å². The molecule has 0 spiro atoms. The number of hydrogen-bond donors (Lipinski definition) is 1. The number of aryl methyl sites for hydroxylation is 2. The number of fused-ring (bicyclic) bond motifs is 1. The number of pyridine rings is 1. The highest BCUT2D eigenvalue weighted by atomic mass is 16.5. The van der Waals surface area contributed by atoms with Crippen LogP contribution >= 0.6 is 0 Å². The number of aromatic nitrogens is 3. The number of methoxy groups -OCH3 is 1. The van der Waals surface area contributed by atoms with E-state index in [4.69, 9.17) is 14.5 Å². The fourth-order valence-electron chi connectivity index (χ4n) is 3.91. The molecule has 4 rings (SSSR count). The van der Waals surface area contributed by atoms with Crippen LogP contribution in [0.1, 0.15) is 35.4 Å². The molecule has 1 N–H and O–H groups in total. The number of nitrogens with zero attached hydrogens (tertiary/aromatic N) is 3. The summed E-state index contributed by atoms with van der Waals surface area (Å²) in [7, 11) is 1.65. The van der Waals surface area contributed by atoms with Gasteiger partial charge in [0.05, 0.1) is 30.3 Å². The maximum absolute atomic E-state index is 12.2. The Labute approximate surface area is 199 Å². The van der Waals surface area contributed by atoms with E-state index in [0.717, 1.165) is 60.6 Å². The van der Waals surface area contributed by atoms with Gasteiger partial charge in [-0.15, -0.1) is 0 Å². The monoisotopic (exact) mass is 458 g/mol. The fourth-order valence-corrected chi connectivity index (χ4v) is 3.91. The van der Waals surface area contributed by atoms with Gasteiger partial charge in [0.2, 0.25) is 0 Å². The molecule has 0 bridgehead atoms. The maximum atomic E-state index is 12.2. The number of imidazole rings is 1. The quantitative estimate of drug-likeness (QED) is 0.312. The molecule has 0 unspecified atom stereocenters. The predicted molar refractivity (Wildman–Crippen MR) is 132 cm³/mol. The lowest BCUT2D eigenvalue weighted by atomic mass is 10.2. The average molecular weight is 459 g/mol. The number of rotatable bonds is 12. The van der Waals surface area contributed by atoms with Crippen molar-refractivity contribution in [2.45, 2.75) is 32.2 Å². The molecular weight excluding hydrogens is 428 g/mol. The number of carbonyl (C=O) groups is 1. The van der Waals surface area contributed by atoms with E-state index in [1.54, 1.807) is 31.6 Å². The van der Waals surface area contributed by atoms with Gasteiger partial charge in [-0.05, 0) is 55.7 Å². The van der Waals surface area contributed by atoms with Crippen LogP contribution in [0.25, 0.3) is 11.0 Å². The number of carbonyl (C=O) groups excluding carboxylic acids is 1. The Bertz CT molecular complexity index is 1210. The van der Waals surface area contributed by atoms with E-state index in [9.17, 15) is 4.79 Å². The average Bonchev–Trinajstić information content (AvgIpc) is 3.24. The van der Waals surface area contributed by atoms with Crippen molar-refractivity contribution in [1.29, 1.82) is 0 Å². The van der Waals surface area contributed by atoms with E-state index in [0.29, 0.717) is 18.7 Å². The van der Waals surface area contributed by atoms with E-state index >= 15 is 0 Å². The van der Waals surface area contributed by atoms with Crippen molar-refractivity contribution in [3.63, 3.8) is 0 Å². The first kappa shape index (κ1) is 23.3. The molecule has 0 fully saturated rings. The van der Waals surface area contributed by atoms with Gasteiger partial charge in [-0.25, -0.2) is 4.98 Å². The van der Waals surface area contributed by atoms with Crippen LogP contribution in [0.2, 0.25) is 0 Å². The van der Waals surface area contributed by atoms with Crippen molar-refractivity contribution in [2.24, 2.45) is 0 Å². The lowest BCUT2D eigenvalue weighted by Gasteiger charge is -2.12. The number of para-hydroxylation sites is 4. The Balaban J connectivity index is 1.29. The first-order valence-electron chi connectivity index (χ1n) is 11.6. The zero-order valence-corrected chi connectivity index (χ0v) is 19.4. The zero-order chi connectivity index (χ0) is 23.6. The smallest absolute Gasteiger partial charge is 0.252 e. The van der Waals surface area contributed by atoms with Gasteiger partial charge in [-0.3, -0.25) is 9.78 Å². The Morgan fingerprint density at radius 2 is 1.79 bits per heavy atom. The summed E-state index contributed by atoms with van der Waals surface area (Å²) in [6, 6.07) is 19.4. The number of hydrogen-bond acceptors (Lipinski definition) is 5. The second-order valence-corrected chi connectivity index (χ2v) is 7.98. The van der Waals surface area contributed by atoms with Crippen LogP contribution in [-0.4, -0.2) is 40.7 Å². The first-order chi connectivity index (χ1) is 16.8. The Hall–Kier alpha value is -3.87. The predicted octanol–water partition coefficient (Wildman–Crippen LogP) is 4.66. The zero-order valence-electron chi connectivity index (χ0n) is 19.4. The molecule has 0 aliphatic rings. The van der Waals surface area contributed by atoms with E-state index in [1.165, 1.54) is 0 Å². The second-order valence-electron chi connectivity index (χ2n) is 7.98. The van der Waals surface area contributed by atoms with Crippen LogP contribution in [0.4, 0.5) is 0 Å². The summed E-state index contributed by atoms with van der Waals surface area (Å²) >= 11 is 0. The van der Waals surface area contributed by atoms with Crippen molar-refractivity contribution in [3.05, 3.63) is 84.4 Å². The molecule has 7 heteroatoms. The van der Waals surface area contributed by atoms with Crippen molar-refractivity contribution in [1.82, 2.24) is 19.9 Å². The molecule has 0 atom stereocenters. The molecule has 2 heterocycles. The van der Waals surface area contributed by atoms with E-state index in [-0.39, 0.29) is 5.91 Å². The first-order valence-corrected chi connectivity index (χ1v) is 11.6. The van der Waals surface area contributed by atoms with Gasteiger partial charge in [-0.2, -0.15) is 0 Å². The number of ether oxygens (including phenoxy) is 2. The van der Waals surface area contributed by atoms with Crippen LogP contribution in [0.15, 0.2) is 73.1 Å². The van der Waals surface area contributed by atoms with Crippen LogP contribution < -0.4 is 14.8 Å². The fraction of sp³-hybridized carbons (Fsp3) is 0.296. The highest BCUT2D eigenvalue weighted by Gasteiger charge is 2.11. The van der Waals surface area contributed by atoms with Crippen molar-refractivity contribution >= 4 is 16.9 Å². The number of benzene rings is 2. The Morgan fingerprint density at radius 3 is 2.62 bits per heavy atom. The summed E-state index contributed by atoms with van der Waals surface area (Å²) in [5.74, 6) is 2.47. The number of amides is 1. The van der Waals surface area contributed by atoms with E-state index in [2.05, 4.69) is 20.9 Å². The molecule has 0 saturated heterocycles. The molecule has 0 aliphatic carbocycles. The second kappa shape index (κ2) is 11.8. The SMILES string of the molecule is COc1ccccc1OCCCCn1c(CCCNC(=O)c2cccnc2)nc2ccccc21. The van der Waals surface area contributed by atoms with E-state index in [1.807, 2.05) is 42.5 Å². The summed E-state index contributed by atoms with van der Waals surface area (Å²) in [5, 5.41) is 2.96. The van der Waals surface area contributed by atoms with Crippen LogP contribution in [0.3, 0.4) is 0 Å². The van der Waals surface area contributed by atoms with Gasteiger partial charge in [0.1, 0.15) is 5.82 Å². The van der Waals surface area contributed by atoms with Crippen molar-refractivity contribution < 1.29 is 14.3 Å². The molecule has 176 valence electrons. The minimum atomic E-state index is -0.100. The lowest BCUT2D eigenvalue weighted by Crippen LogP contribution is -2.25. The summed E-state index contributed by atoms with van der Waals surface area (Å²) in [4.78, 5) is 21.1. The molecule has 1 amide bonds. The largest absolute Gasteiger partial charge is 0.493 e. The standard InChI is InChI=1S/C27H30N4O3/c1-33-24-13-4-5-14-25(24)34-19-7-6-18-31-23-12-3-2-11-22(23)30-26(31)15-9-17-29-27(32)21-10-8-16-28-20-21/h2-5,8,10-14,16,20H,6-7,9,15,17-19H2,1H3,(H,29,32). The number of nitrogens with one attached hydrogen (secondary N) is 1. The van der Waals surface area contributed by atoms with E-state index < -0.39 is 0 Å². The minimum Gasteiger partial charge on any atom is -0.493 e. The lowest BCUT2D eigenvalue weighted by molar-refractivity contribution is 0.0952. The summed E-state index contributed by atoms with van der Waals surface area (Å²) in [6.07, 6.45) is 6.73. The van der Waals surface area contributed by atoms with Crippen LogP contribution in [0, 0.1) is 0 Å². The van der Waals surface area contributed by atoms with Gasteiger partial charge in [0.15, 0.2) is 11.5 Å². The number of unbranched alkanes of at least 4 members (excludes halogenated alkanes) is 1. The van der Waals surface area contributed by atoms with Gasteiger partial charge in [0, 0.05) is 31.9 Å². The van der Waals surface area contributed by atoms with Gasteiger partial charge in [-0.1, -0.05) is 24.3 Å². The molecule has 0 radical (unpaired) electrons. The van der Waals surface area contributed by atoms with Gasteiger partial charge < -0.3 is 19.4 Å². The third-order valence-electron chi connectivity index (χ3n) is 5.62. The molecule has 0 aliphatic heterocycles. The highest BCUT2D eigenvalue weighted by Crippen LogP contribution is 2.26. The topological polar surface area (TPSA) is 78.3 Å². The molecule has 4 aromatic rings. The minimum absolute atomic E-state index is 0.100. The summed E-state index contributed by atoms with van der Waals surface area (Å²) in [5.41, 5.74) is 2.72. The molecule has 34 heavy (non-hydrogen) atoms. The molecule has 2 aromatic heterocycles. The highest BCUT2D eigenvalue weighted by molar-refractivity contribution is 5.93. The Kier molecular flexibility index (Phi) is 8.11. The summed E-state index contributed by atoms with van der Waals surface area (Å²) in [6.45, 7) is 2.08. The molecule has 2 aromatic carbocycles. The normalized spacial score (nSPS) is 10.9. The maximum Gasteiger partial charge on any atom is 0.252 e. The third-order valence-corrected chi connectivity index (χ3v) is 5.62. The molecule has 7 nitrogen and oxygen atoms in total.